The number of carbonyl (C=O) groups is 2. The molecule has 2 aromatic rings. The Morgan fingerprint density at radius 1 is 1.03 bits per heavy atom. The SMILES string of the molecule is CC(C)(C)CC(=O)N1CCC(c2ccc(N(C(=O)C3CNC3)c3ccnnc3)cc2)CC1. The Bertz CT molecular complexity index is 927. The van der Waals surface area contributed by atoms with Gasteiger partial charge >= 0.3 is 0 Å². The summed E-state index contributed by atoms with van der Waals surface area (Å²) in [5.41, 5.74) is 2.86. The summed E-state index contributed by atoms with van der Waals surface area (Å²) in [6, 6.07) is 10.1. The van der Waals surface area contributed by atoms with Crippen LogP contribution in [0.3, 0.4) is 0 Å². The van der Waals surface area contributed by atoms with Crippen LogP contribution in [-0.2, 0) is 9.59 Å². The molecule has 2 aliphatic rings. The minimum Gasteiger partial charge on any atom is -0.343 e. The maximum Gasteiger partial charge on any atom is 0.237 e. The Morgan fingerprint density at radius 3 is 2.25 bits per heavy atom. The van der Waals surface area contributed by atoms with Gasteiger partial charge < -0.3 is 10.2 Å². The molecule has 3 heterocycles. The van der Waals surface area contributed by atoms with E-state index in [0.29, 0.717) is 25.4 Å². The van der Waals surface area contributed by atoms with E-state index in [1.54, 1.807) is 17.3 Å². The summed E-state index contributed by atoms with van der Waals surface area (Å²) >= 11 is 0. The summed E-state index contributed by atoms with van der Waals surface area (Å²) in [6.45, 7) is 9.35. The van der Waals surface area contributed by atoms with Crippen molar-refractivity contribution in [1.29, 1.82) is 0 Å². The lowest BCUT2D eigenvalue weighted by atomic mass is 9.87. The molecule has 0 aliphatic carbocycles. The number of hydrogen-bond donors (Lipinski definition) is 1. The largest absolute Gasteiger partial charge is 0.343 e. The number of hydrogen-bond acceptors (Lipinski definition) is 5. The Kier molecular flexibility index (Phi) is 6.55. The van der Waals surface area contributed by atoms with Gasteiger partial charge in [0.25, 0.3) is 0 Å². The fraction of sp³-hybridized carbons (Fsp3) is 0.520. The second kappa shape index (κ2) is 9.36. The Labute approximate surface area is 190 Å². The molecular weight excluding hydrogens is 402 g/mol. The Balaban J connectivity index is 1.44. The minimum atomic E-state index is -0.0159. The number of likely N-dealkylation sites (tertiary alicyclic amines) is 1. The quantitative estimate of drug-likeness (QED) is 0.778. The van der Waals surface area contributed by atoms with E-state index < -0.39 is 0 Å². The van der Waals surface area contributed by atoms with Crippen LogP contribution < -0.4 is 10.2 Å². The van der Waals surface area contributed by atoms with Crippen molar-refractivity contribution >= 4 is 23.2 Å². The first-order chi connectivity index (χ1) is 15.3. The Morgan fingerprint density at radius 2 is 1.72 bits per heavy atom. The smallest absolute Gasteiger partial charge is 0.237 e. The molecule has 1 aromatic heterocycles. The Hall–Kier alpha value is -2.80. The van der Waals surface area contributed by atoms with E-state index in [1.807, 2.05) is 23.1 Å². The van der Waals surface area contributed by atoms with Crippen LogP contribution in [0.15, 0.2) is 42.7 Å². The molecule has 0 bridgehead atoms. The lowest BCUT2D eigenvalue weighted by molar-refractivity contribution is -0.134. The summed E-state index contributed by atoms with van der Waals surface area (Å²) in [5, 5.41) is 11.0. The first kappa shape index (κ1) is 22.4. The zero-order valence-corrected chi connectivity index (χ0v) is 19.3. The number of nitrogens with one attached hydrogen (secondary N) is 1. The number of nitrogens with zero attached hydrogens (tertiary/aromatic N) is 4. The van der Waals surface area contributed by atoms with Crippen LogP contribution in [0.4, 0.5) is 11.4 Å². The summed E-state index contributed by atoms with van der Waals surface area (Å²) in [7, 11) is 0. The molecule has 7 heteroatoms. The number of rotatable bonds is 5. The van der Waals surface area contributed by atoms with Crippen molar-refractivity contribution < 1.29 is 9.59 Å². The molecule has 0 unspecified atom stereocenters. The molecule has 7 nitrogen and oxygen atoms in total. The highest BCUT2D eigenvalue weighted by Gasteiger charge is 2.31. The van der Waals surface area contributed by atoms with Crippen LogP contribution in [0.1, 0.15) is 51.5 Å². The summed E-state index contributed by atoms with van der Waals surface area (Å²) in [4.78, 5) is 29.4. The standard InChI is InChI=1S/C25H33N5O2/c1-25(2,3)14-23(31)29-12-9-19(10-13-29)18-4-6-21(7-5-18)30(22-8-11-27-28-17-22)24(32)20-15-26-16-20/h4-8,11,17,19-20,26H,9-10,12-16H2,1-3H3. The van der Waals surface area contributed by atoms with Crippen molar-refractivity contribution in [2.75, 3.05) is 31.1 Å². The summed E-state index contributed by atoms with van der Waals surface area (Å²) < 4.78 is 0. The second-order valence-electron chi connectivity index (χ2n) is 10.1. The molecule has 2 aliphatic heterocycles. The maximum absolute atomic E-state index is 13.1. The zero-order chi connectivity index (χ0) is 22.7. The van der Waals surface area contributed by atoms with Gasteiger partial charge in [-0.2, -0.15) is 10.2 Å². The summed E-state index contributed by atoms with van der Waals surface area (Å²) in [5.74, 6) is 0.759. The third kappa shape index (κ3) is 5.15. The van der Waals surface area contributed by atoms with Crippen LogP contribution in [-0.4, -0.2) is 53.1 Å². The highest BCUT2D eigenvalue weighted by Crippen LogP contribution is 2.33. The number of carbonyl (C=O) groups excluding carboxylic acids is 2. The van der Waals surface area contributed by atoms with Crippen LogP contribution in [0, 0.1) is 11.3 Å². The third-order valence-corrected chi connectivity index (χ3v) is 6.33. The normalized spacial score (nSPS) is 17.7. The number of amides is 2. The lowest BCUT2D eigenvalue weighted by Crippen LogP contribution is -2.51. The molecule has 2 fully saturated rings. The van der Waals surface area contributed by atoms with E-state index in [9.17, 15) is 9.59 Å². The predicted octanol–water partition coefficient (Wildman–Crippen LogP) is 3.50. The van der Waals surface area contributed by atoms with Crippen molar-refractivity contribution in [3.63, 3.8) is 0 Å². The molecule has 1 aromatic carbocycles. The van der Waals surface area contributed by atoms with Crippen molar-refractivity contribution in [2.45, 2.75) is 46.0 Å². The third-order valence-electron chi connectivity index (χ3n) is 6.33. The monoisotopic (exact) mass is 435 g/mol. The molecule has 0 saturated carbocycles. The molecule has 0 radical (unpaired) electrons. The van der Waals surface area contributed by atoms with Crippen molar-refractivity contribution in [2.24, 2.45) is 11.3 Å². The summed E-state index contributed by atoms with van der Waals surface area (Å²) in [6.07, 6.45) is 5.77. The maximum atomic E-state index is 13.1. The van der Waals surface area contributed by atoms with E-state index >= 15 is 0 Å². The highest BCUT2D eigenvalue weighted by molar-refractivity contribution is 6.02. The van der Waals surface area contributed by atoms with Gasteiger partial charge in [-0.05, 0) is 47.9 Å². The molecule has 170 valence electrons. The molecule has 2 amide bonds. The molecule has 32 heavy (non-hydrogen) atoms. The molecule has 2 saturated heterocycles. The second-order valence-corrected chi connectivity index (χ2v) is 10.1. The van der Waals surface area contributed by atoms with Gasteiger partial charge in [0.05, 0.1) is 24.0 Å². The highest BCUT2D eigenvalue weighted by atomic mass is 16.2. The van der Waals surface area contributed by atoms with Crippen LogP contribution in [0.5, 0.6) is 0 Å². The van der Waals surface area contributed by atoms with Crippen molar-refractivity contribution in [1.82, 2.24) is 20.4 Å². The van der Waals surface area contributed by atoms with Crippen LogP contribution in [0.2, 0.25) is 0 Å². The minimum absolute atomic E-state index is 0.0159. The first-order valence-corrected chi connectivity index (χ1v) is 11.5. The lowest BCUT2D eigenvalue weighted by Gasteiger charge is -2.34. The zero-order valence-electron chi connectivity index (χ0n) is 19.3. The van der Waals surface area contributed by atoms with Crippen molar-refractivity contribution in [3.8, 4) is 0 Å². The number of benzene rings is 1. The molecule has 0 spiro atoms. The van der Waals surface area contributed by atoms with Gasteiger partial charge in [-0.25, -0.2) is 0 Å². The average Bonchev–Trinajstić information content (AvgIpc) is 2.73. The van der Waals surface area contributed by atoms with E-state index in [0.717, 1.165) is 37.3 Å². The van der Waals surface area contributed by atoms with Crippen LogP contribution >= 0.6 is 0 Å². The fourth-order valence-corrected chi connectivity index (χ4v) is 4.39. The van der Waals surface area contributed by atoms with Gasteiger partial charge in [-0.15, -0.1) is 0 Å². The predicted molar refractivity (Wildman–Crippen MR) is 125 cm³/mol. The van der Waals surface area contributed by atoms with Gasteiger partial charge in [-0.1, -0.05) is 32.9 Å². The molecule has 0 atom stereocenters. The molecular formula is C25H33N5O2. The van der Waals surface area contributed by atoms with Crippen molar-refractivity contribution in [3.05, 3.63) is 48.3 Å². The first-order valence-electron chi connectivity index (χ1n) is 11.5. The molecule has 1 N–H and O–H groups in total. The molecule has 4 rings (SSSR count). The van der Waals surface area contributed by atoms with E-state index in [-0.39, 0.29) is 23.1 Å². The van der Waals surface area contributed by atoms with Gasteiger partial charge in [0.2, 0.25) is 11.8 Å². The van der Waals surface area contributed by atoms with Gasteiger partial charge in [0, 0.05) is 38.3 Å². The van der Waals surface area contributed by atoms with Gasteiger partial charge in [0.1, 0.15) is 0 Å². The number of anilines is 2. The van der Waals surface area contributed by atoms with E-state index in [4.69, 9.17) is 0 Å². The van der Waals surface area contributed by atoms with Crippen LogP contribution in [0.25, 0.3) is 0 Å². The fourth-order valence-electron chi connectivity index (χ4n) is 4.39. The van der Waals surface area contributed by atoms with E-state index in [1.165, 1.54) is 5.56 Å². The number of piperidine rings is 1. The van der Waals surface area contributed by atoms with E-state index in [2.05, 4.69) is 48.4 Å². The topological polar surface area (TPSA) is 78.4 Å². The number of aromatic nitrogens is 2. The average molecular weight is 436 g/mol. The van der Waals surface area contributed by atoms with Gasteiger partial charge in [0.15, 0.2) is 0 Å². The van der Waals surface area contributed by atoms with Gasteiger partial charge in [-0.3, -0.25) is 14.5 Å².